The van der Waals surface area contributed by atoms with Gasteiger partial charge < -0.3 is 16.4 Å². The van der Waals surface area contributed by atoms with E-state index in [1.165, 1.54) is 180 Å². The van der Waals surface area contributed by atoms with Crippen LogP contribution in [0.3, 0.4) is 0 Å². The number of unbranched alkanes of at least 4 members (excludes halogenated alkanes) is 26. The molecular weight excluding hydrogens is 615 g/mol. The van der Waals surface area contributed by atoms with Gasteiger partial charge in [-0.05, 0) is 12.8 Å². The molecule has 0 bridgehead atoms. The minimum atomic E-state index is -4.84. The molecule has 0 heterocycles. The molecule has 0 spiro atoms. The zero-order valence-electron chi connectivity index (χ0n) is 31.3. The summed E-state index contributed by atoms with van der Waals surface area (Å²) in [7, 11) is -4.84. The summed E-state index contributed by atoms with van der Waals surface area (Å²) in [6, 6.07) is 0. The van der Waals surface area contributed by atoms with Gasteiger partial charge in [-0.25, -0.2) is 0 Å². The Morgan fingerprint density at radius 3 is 0.935 bits per heavy atom. The molecule has 0 saturated carbocycles. The molecule has 8 nitrogen and oxygen atoms in total. The molecule has 0 aromatic carbocycles. The summed E-state index contributed by atoms with van der Waals surface area (Å²) in [6.45, 7) is 6.59. The van der Waals surface area contributed by atoms with E-state index < -0.39 is 33.7 Å². The van der Waals surface area contributed by atoms with Crippen LogP contribution in [-0.2, 0) is 24.4 Å². The van der Waals surface area contributed by atoms with Crippen LogP contribution in [0.1, 0.15) is 201 Å². The fraction of sp³-hybridized carbons (Fsp3) is 0.944. The van der Waals surface area contributed by atoms with Crippen molar-refractivity contribution in [2.45, 2.75) is 205 Å². The van der Waals surface area contributed by atoms with Crippen LogP contribution in [0, 0.1) is 0 Å². The molecule has 0 aromatic heterocycles. The summed E-state index contributed by atoms with van der Waals surface area (Å²) < 4.78 is 34.5. The average Bonchev–Trinajstić information content (AvgIpc) is 2.98. The molecule has 0 aromatic rings. The van der Waals surface area contributed by atoms with Gasteiger partial charge in [-0.1, -0.05) is 181 Å². The molecule has 272 valence electrons. The second kappa shape index (κ2) is 39.3. The Balaban J connectivity index is -0.000000559. The van der Waals surface area contributed by atoms with Crippen LogP contribution in [-0.4, -0.2) is 53.6 Å². The van der Waals surface area contributed by atoms with Gasteiger partial charge in [0.15, 0.2) is 5.25 Å². The van der Waals surface area contributed by atoms with Gasteiger partial charge in [0.2, 0.25) is 0 Å². The third-order valence-electron chi connectivity index (χ3n) is 8.28. The Hall–Kier alpha value is -0.190. The van der Waals surface area contributed by atoms with E-state index in [2.05, 4.69) is 13.8 Å². The summed E-state index contributed by atoms with van der Waals surface area (Å²) in [6.07, 6.45) is 38.9. The zero-order chi connectivity index (χ0) is 33.9. The molecular formula is C36H73NaO8S. The quantitative estimate of drug-likeness (QED) is 0.0353. The van der Waals surface area contributed by atoms with Crippen molar-refractivity contribution < 1.29 is 68.5 Å². The van der Waals surface area contributed by atoms with E-state index in [-0.39, 0.29) is 31.0 Å². The van der Waals surface area contributed by atoms with Gasteiger partial charge in [-0.2, -0.15) is 8.42 Å². The first-order chi connectivity index (χ1) is 21.7. The van der Waals surface area contributed by atoms with Crippen molar-refractivity contribution in [3.8, 4) is 0 Å². The first-order valence-corrected chi connectivity index (χ1v) is 20.2. The Bertz CT molecular complexity index is 725. The smallest absolute Gasteiger partial charge is 1.00 e. The Morgan fingerprint density at radius 1 is 0.522 bits per heavy atom. The second-order valence-electron chi connectivity index (χ2n) is 12.7. The predicted octanol–water partition coefficient (Wildman–Crippen LogP) is 7.88. The van der Waals surface area contributed by atoms with Gasteiger partial charge in [0.1, 0.15) is 0 Å². The summed E-state index contributed by atoms with van der Waals surface area (Å²) in [5.74, 6) is -3.50. The van der Waals surface area contributed by atoms with Crippen molar-refractivity contribution in [1.29, 1.82) is 0 Å². The number of carboxylic acid groups (broad SMARTS) is 2. The molecule has 1 unspecified atom stereocenters. The first kappa shape index (κ1) is 50.2. The SMILES string of the molecule is CCCCCCCCCCCCCCCCOCCCCCCCCCCCCCCCC.O=C(O)CC(C(=O)O)S(=O)(=O)O.[H-].[Na+]. The number of hydrogen-bond donors (Lipinski definition) is 3. The van der Waals surface area contributed by atoms with Crippen LogP contribution < -0.4 is 29.6 Å². The molecule has 0 fully saturated rings. The van der Waals surface area contributed by atoms with Crippen molar-refractivity contribution in [2.75, 3.05) is 13.2 Å². The van der Waals surface area contributed by atoms with Crippen LogP contribution in [0.2, 0.25) is 0 Å². The molecule has 46 heavy (non-hydrogen) atoms. The molecule has 3 N–H and O–H groups in total. The molecule has 0 aliphatic heterocycles. The van der Waals surface area contributed by atoms with Gasteiger partial charge in [0.05, 0.1) is 6.42 Å². The monoisotopic (exact) mass is 688 g/mol. The predicted molar refractivity (Wildman–Crippen MR) is 188 cm³/mol. The number of rotatable bonds is 34. The Morgan fingerprint density at radius 2 is 0.761 bits per heavy atom. The topological polar surface area (TPSA) is 138 Å². The van der Waals surface area contributed by atoms with Gasteiger partial charge in [-0.15, -0.1) is 0 Å². The van der Waals surface area contributed by atoms with Gasteiger partial charge in [0.25, 0.3) is 10.1 Å². The van der Waals surface area contributed by atoms with E-state index in [1.54, 1.807) is 0 Å². The number of hydrogen-bond acceptors (Lipinski definition) is 5. The van der Waals surface area contributed by atoms with Gasteiger partial charge >= 0.3 is 41.5 Å². The molecule has 1 atom stereocenters. The minimum Gasteiger partial charge on any atom is -1.00 e. The van der Waals surface area contributed by atoms with E-state index in [1.807, 2.05) is 0 Å². The van der Waals surface area contributed by atoms with Crippen molar-refractivity contribution in [3.05, 3.63) is 0 Å². The molecule has 0 saturated heterocycles. The first-order valence-electron chi connectivity index (χ1n) is 18.6. The zero-order valence-corrected chi connectivity index (χ0v) is 33.1. The number of carboxylic acids is 2. The maximum absolute atomic E-state index is 10.2. The summed E-state index contributed by atoms with van der Waals surface area (Å²) in [5.41, 5.74) is 0. The van der Waals surface area contributed by atoms with Crippen molar-refractivity contribution in [1.82, 2.24) is 0 Å². The fourth-order valence-electron chi connectivity index (χ4n) is 5.38. The normalized spacial score (nSPS) is 11.8. The standard InChI is InChI=1S/C32H66O.C4H6O7S.Na.H/c1-3-5-7-9-11-13-15-17-19-21-23-25-27-29-31-33-32-30-28-26-24-22-20-18-16-14-12-10-8-6-4-2;5-3(6)1-2(4(7)8)12(9,10)11;;/h3-32H2,1-2H3;2H,1H2,(H,5,6)(H,7,8)(H,9,10,11);;/q;;+1;-1. The molecule has 0 radical (unpaired) electrons. The molecule has 0 aliphatic carbocycles. The summed E-state index contributed by atoms with van der Waals surface area (Å²) >= 11 is 0. The largest absolute Gasteiger partial charge is 1.00 e. The van der Waals surface area contributed by atoms with Crippen LogP contribution >= 0.6 is 0 Å². The number of ether oxygens (including phenoxy) is 1. The molecule has 0 amide bonds. The van der Waals surface area contributed by atoms with E-state index in [0.717, 1.165) is 13.2 Å². The average molecular weight is 689 g/mol. The van der Waals surface area contributed by atoms with Crippen molar-refractivity contribution in [2.24, 2.45) is 0 Å². The van der Waals surface area contributed by atoms with Gasteiger partial charge in [-0.3, -0.25) is 14.1 Å². The second-order valence-corrected chi connectivity index (χ2v) is 14.3. The van der Waals surface area contributed by atoms with E-state index >= 15 is 0 Å². The van der Waals surface area contributed by atoms with Crippen LogP contribution in [0.25, 0.3) is 0 Å². The maximum Gasteiger partial charge on any atom is 1.00 e. The molecule has 10 heteroatoms. The third kappa shape index (κ3) is 41.8. The van der Waals surface area contributed by atoms with E-state index in [9.17, 15) is 18.0 Å². The van der Waals surface area contributed by atoms with Crippen LogP contribution in [0.4, 0.5) is 0 Å². The Kier molecular flexibility index (Phi) is 42.8. The van der Waals surface area contributed by atoms with Crippen molar-refractivity contribution >= 4 is 22.1 Å². The summed E-state index contributed by atoms with van der Waals surface area (Å²) in [4.78, 5) is 20.0. The summed E-state index contributed by atoms with van der Waals surface area (Å²) in [5, 5.41) is 13.9. The minimum absolute atomic E-state index is 0. The third-order valence-corrected chi connectivity index (χ3v) is 9.37. The maximum atomic E-state index is 10.2. The molecule has 0 aliphatic rings. The van der Waals surface area contributed by atoms with Gasteiger partial charge in [0, 0.05) is 13.2 Å². The fourth-order valence-corrected chi connectivity index (χ4v) is 5.99. The van der Waals surface area contributed by atoms with Crippen molar-refractivity contribution in [3.63, 3.8) is 0 Å². The van der Waals surface area contributed by atoms with E-state index in [0.29, 0.717) is 0 Å². The van der Waals surface area contributed by atoms with Crippen LogP contribution in [0.15, 0.2) is 0 Å². The number of carbonyl (C=O) groups is 2. The van der Waals surface area contributed by atoms with E-state index in [4.69, 9.17) is 19.5 Å². The Labute approximate surface area is 307 Å². The molecule has 0 rings (SSSR count). The number of aliphatic carboxylic acids is 2. The van der Waals surface area contributed by atoms with Crippen LogP contribution in [0.5, 0.6) is 0 Å².